The number of hydrogen-bond acceptors (Lipinski definition) is 3. The smallest absolute Gasteiger partial charge is 0.211 e. The van der Waals surface area contributed by atoms with E-state index in [-0.39, 0.29) is 5.75 Å². The Balaban J connectivity index is 2.45. The van der Waals surface area contributed by atoms with Crippen molar-refractivity contribution in [1.82, 2.24) is 4.72 Å². The zero-order chi connectivity index (χ0) is 13.4. The Hall–Kier alpha value is -1.07. The average Bonchev–Trinajstić information content (AvgIpc) is 2.38. The number of nitrogens with one attached hydrogen (secondary N) is 1. The molecule has 1 aromatic rings. The van der Waals surface area contributed by atoms with Gasteiger partial charge in [0.2, 0.25) is 10.0 Å². The SMILES string of the molecule is CCCCOc1ccc(CNS(=O)(=O)CC)cc1. The molecule has 0 bridgehead atoms. The van der Waals surface area contributed by atoms with E-state index in [4.69, 9.17) is 4.74 Å². The third-order valence-corrected chi connectivity index (χ3v) is 3.91. The highest BCUT2D eigenvalue weighted by Crippen LogP contribution is 2.12. The van der Waals surface area contributed by atoms with Crippen molar-refractivity contribution in [3.8, 4) is 5.75 Å². The lowest BCUT2D eigenvalue weighted by Crippen LogP contribution is -2.24. The molecule has 0 heterocycles. The second kappa shape index (κ2) is 7.38. The summed E-state index contributed by atoms with van der Waals surface area (Å²) in [7, 11) is -3.13. The van der Waals surface area contributed by atoms with Crippen LogP contribution in [0.4, 0.5) is 0 Å². The van der Waals surface area contributed by atoms with Crippen LogP contribution in [-0.4, -0.2) is 20.8 Å². The highest BCUT2D eigenvalue weighted by atomic mass is 32.2. The van der Waals surface area contributed by atoms with Gasteiger partial charge in [-0.15, -0.1) is 0 Å². The molecule has 1 N–H and O–H groups in total. The van der Waals surface area contributed by atoms with Gasteiger partial charge in [-0.3, -0.25) is 0 Å². The fraction of sp³-hybridized carbons (Fsp3) is 0.538. The first-order valence-corrected chi connectivity index (χ1v) is 7.91. The van der Waals surface area contributed by atoms with Gasteiger partial charge in [-0.1, -0.05) is 25.5 Å². The fourth-order valence-electron chi connectivity index (χ4n) is 1.33. The van der Waals surface area contributed by atoms with Crippen LogP contribution in [0.5, 0.6) is 5.75 Å². The molecular weight excluding hydrogens is 250 g/mol. The van der Waals surface area contributed by atoms with Crippen LogP contribution in [-0.2, 0) is 16.6 Å². The largest absolute Gasteiger partial charge is 0.494 e. The van der Waals surface area contributed by atoms with Crippen molar-refractivity contribution in [2.45, 2.75) is 33.2 Å². The minimum absolute atomic E-state index is 0.102. The molecule has 0 fully saturated rings. The van der Waals surface area contributed by atoms with Gasteiger partial charge in [0.05, 0.1) is 12.4 Å². The minimum Gasteiger partial charge on any atom is -0.494 e. The molecule has 0 aliphatic carbocycles. The van der Waals surface area contributed by atoms with E-state index in [0.29, 0.717) is 6.54 Å². The molecule has 0 saturated heterocycles. The van der Waals surface area contributed by atoms with E-state index in [0.717, 1.165) is 30.8 Å². The normalized spacial score (nSPS) is 11.4. The lowest BCUT2D eigenvalue weighted by Gasteiger charge is -2.07. The van der Waals surface area contributed by atoms with Crippen LogP contribution in [0.25, 0.3) is 0 Å². The first-order chi connectivity index (χ1) is 8.57. The predicted octanol–water partition coefficient (Wildman–Crippen LogP) is 2.30. The lowest BCUT2D eigenvalue weighted by atomic mass is 10.2. The monoisotopic (exact) mass is 271 g/mol. The quantitative estimate of drug-likeness (QED) is 0.738. The first kappa shape index (κ1) is 15.0. The number of unbranched alkanes of at least 4 members (excludes halogenated alkanes) is 1. The molecule has 1 rings (SSSR count). The van der Waals surface area contributed by atoms with E-state index in [2.05, 4.69) is 11.6 Å². The molecule has 5 heteroatoms. The van der Waals surface area contributed by atoms with Crippen LogP contribution < -0.4 is 9.46 Å². The topological polar surface area (TPSA) is 55.4 Å². The van der Waals surface area contributed by atoms with Gasteiger partial charge in [0.15, 0.2) is 0 Å². The van der Waals surface area contributed by atoms with E-state index >= 15 is 0 Å². The van der Waals surface area contributed by atoms with Crippen LogP contribution in [0, 0.1) is 0 Å². The number of ether oxygens (including phenoxy) is 1. The summed E-state index contributed by atoms with van der Waals surface area (Å²) in [6, 6.07) is 7.48. The Kier molecular flexibility index (Phi) is 6.15. The molecule has 0 unspecified atom stereocenters. The third kappa shape index (κ3) is 5.51. The minimum atomic E-state index is -3.13. The molecule has 18 heavy (non-hydrogen) atoms. The standard InChI is InChI=1S/C13H21NO3S/c1-3-5-10-17-13-8-6-12(7-9-13)11-14-18(15,16)4-2/h6-9,14H,3-5,10-11H2,1-2H3. The van der Waals surface area contributed by atoms with Crippen molar-refractivity contribution in [1.29, 1.82) is 0 Å². The molecule has 0 radical (unpaired) electrons. The van der Waals surface area contributed by atoms with Crippen molar-refractivity contribution in [3.05, 3.63) is 29.8 Å². The summed E-state index contributed by atoms with van der Waals surface area (Å²) >= 11 is 0. The Morgan fingerprint density at radius 3 is 2.39 bits per heavy atom. The molecule has 0 amide bonds. The average molecular weight is 271 g/mol. The molecule has 1 aromatic carbocycles. The van der Waals surface area contributed by atoms with Gasteiger partial charge in [0.1, 0.15) is 5.75 Å². The highest BCUT2D eigenvalue weighted by molar-refractivity contribution is 7.89. The maximum absolute atomic E-state index is 11.3. The second-order valence-electron chi connectivity index (χ2n) is 4.07. The molecule has 0 aliphatic heterocycles. The Morgan fingerprint density at radius 1 is 1.17 bits per heavy atom. The van der Waals surface area contributed by atoms with Crippen LogP contribution in [0.3, 0.4) is 0 Å². The Morgan fingerprint density at radius 2 is 1.83 bits per heavy atom. The maximum atomic E-state index is 11.3. The van der Waals surface area contributed by atoms with Crippen molar-refractivity contribution in [3.63, 3.8) is 0 Å². The van der Waals surface area contributed by atoms with Gasteiger partial charge in [-0.2, -0.15) is 0 Å². The number of sulfonamides is 1. The summed E-state index contributed by atoms with van der Waals surface area (Å²) in [4.78, 5) is 0. The Labute approximate surface area is 109 Å². The summed E-state index contributed by atoms with van der Waals surface area (Å²) < 4.78 is 30.6. The number of benzene rings is 1. The van der Waals surface area contributed by atoms with Crippen molar-refractivity contribution in [2.75, 3.05) is 12.4 Å². The molecule has 4 nitrogen and oxygen atoms in total. The van der Waals surface area contributed by atoms with E-state index in [9.17, 15) is 8.42 Å². The molecule has 0 aliphatic rings. The molecule has 0 saturated carbocycles. The molecule has 0 spiro atoms. The van der Waals surface area contributed by atoms with Gasteiger partial charge in [0, 0.05) is 6.54 Å². The predicted molar refractivity (Wildman–Crippen MR) is 73.1 cm³/mol. The summed E-state index contributed by atoms with van der Waals surface area (Å²) in [5, 5.41) is 0. The van der Waals surface area contributed by atoms with Gasteiger partial charge in [0.25, 0.3) is 0 Å². The van der Waals surface area contributed by atoms with Crippen LogP contribution in [0.1, 0.15) is 32.3 Å². The molecule has 102 valence electrons. The molecular formula is C13H21NO3S. The van der Waals surface area contributed by atoms with Gasteiger partial charge < -0.3 is 4.74 Å². The van der Waals surface area contributed by atoms with Crippen LogP contribution >= 0.6 is 0 Å². The maximum Gasteiger partial charge on any atom is 0.211 e. The fourth-order valence-corrected chi connectivity index (χ4v) is 1.92. The molecule has 0 atom stereocenters. The van der Waals surface area contributed by atoms with Crippen molar-refractivity contribution >= 4 is 10.0 Å². The van der Waals surface area contributed by atoms with E-state index in [1.165, 1.54) is 0 Å². The summed E-state index contributed by atoms with van der Waals surface area (Å²) in [6.07, 6.45) is 2.15. The van der Waals surface area contributed by atoms with E-state index in [1.807, 2.05) is 24.3 Å². The zero-order valence-electron chi connectivity index (χ0n) is 11.0. The first-order valence-electron chi connectivity index (χ1n) is 6.26. The van der Waals surface area contributed by atoms with Crippen molar-refractivity contribution < 1.29 is 13.2 Å². The van der Waals surface area contributed by atoms with E-state index < -0.39 is 10.0 Å². The third-order valence-electron chi connectivity index (χ3n) is 2.57. The number of rotatable bonds is 8. The lowest BCUT2D eigenvalue weighted by molar-refractivity contribution is 0.309. The summed E-state index contributed by atoms with van der Waals surface area (Å²) in [5.74, 6) is 0.927. The molecule has 0 aromatic heterocycles. The number of hydrogen-bond donors (Lipinski definition) is 1. The zero-order valence-corrected chi connectivity index (χ0v) is 11.8. The van der Waals surface area contributed by atoms with Crippen LogP contribution in [0.2, 0.25) is 0 Å². The van der Waals surface area contributed by atoms with Gasteiger partial charge in [-0.25, -0.2) is 13.1 Å². The highest BCUT2D eigenvalue weighted by Gasteiger charge is 2.05. The second-order valence-corrected chi connectivity index (χ2v) is 6.17. The summed E-state index contributed by atoms with van der Waals surface area (Å²) in [5.41, 5.74) is 0.926. The van der Waals surface area contributed by atoms with Crippen LogP contribution in [0.15, 0.2) is 24.3 Å². The Bertz CT molecular complexity index is 440. The summed E-state index contributed by atoms with van der Waals surface area (Å²) in [6.45, 7) is 4.78. The van der Waals surface area contributed by atoms with E-state index in [1.54, 1.807) is 6.92 Å². The van der Waals surface area contributed by atoms with Gasteiger partial charge >= 0.3 is 0 Å². The van der Waals surface area contributed by atoms with Gasteiger partial charge in [-0.05, 0) is 31.0 Å². The van der Waals surface area contributed by atoms with Crippen molar-refractivity contribution in [2.24, 2.45) is 0 Å².